The van der Waals surface area contributed by atoms with Gasteiger partial charge in [0.15, 0.2) is 5.69 Å². The van der Waals surface area contributed by atoms with Gasteiger partial charge in [0, 0.05) is 143 Å². The van der Waals surface area contributed by atoms with Gasteiger partial charge in [0.25, 0.3) is 5.91 Å². The molecule has 25 nitrogen and oxygen atoms in total. The molecule has 1 aromatic heterocycles. The molecule has 7 rings (SSSR count). The van der Waals surface area contributed by atoms with Gasteiger partial charge in [-0.1, -0.05) is 35.3 Å². The van der Waals surface area contributed by atoms with Crippen molar-refractivity contribution in [3.8, 4) is 39.6 Å². The van der Waals surface area contributed by atoms with E-state index in [0.717, 1.165) is 0 Å². The third kappa shape index (κ3) is 18.6. The Balaban J connectivity index is 0.0000108. The molecule has 3 aliphatic heterocycles. The molecule has 0 radical (unpaired) electrons. The number of benzene rings is 3. The fourth-order valence-corrected chi connectivity index (χ4v) is 10.1. The van der Waals surface area contributed by atoms with Gasteiger partial charge in [-0.15, -0.1) is 0 Å². The molecule has 0 spiro atoms. The van der Waals surface area contributed by atoms with Crippen LogP contribution in [0.5, 0.6) is 11.5 Å². The summed E-state index contributed by atoms with van der Waals surface area (Å²) < 4.78 is 25.1. The van der Waals surface area contributed by atoms with Gasteiger partial charge in [0.05, 0.1) is 74.9 Å². The topological polar surface area (TPSA) is 308 Å². The van der Waals surface area contributed by atoms with Crippen LogP contribution in [0.4, 0.5) is 10.5 Å². The number of hydrogen-bond donors (Lipinski definition) is 4. The number of aromatic nitrogens is 2. The molecule has 0 bridgehead atoms. The minimum Gasteiger partial charge on any atom is -0.549 e. The molecule has 438 valence electrons. The summed E-state index contributed by atoms with van der Waals surface area (Å²) in [6, 6.07) is 15.3. The number of carbonyl (C=O) groups excluding carboxylic acids is 7. The Kier molecular flexibility index (Phi) is 24.5. The predicted molar refractivity (Wildman–Crippen MR) is 296 cm³/mol. The summed E-state index contributed by atoms with van der Waals surface area (Å²) in [5.74, 6) is -3.93. The fourth-order valence-electron chi connectivity index (χ4n) is 9.61. The Morgan fingerprint density at radius 1 is 0.695 bits per heavy atom. The SMILES string of the molecule is COc1cc2c(cc1-c1cccc(NC(=O)NCCNC(=O)CCOCCNC(=O)CN3CCN(CC(=O)[O-])CCN(CC(=O)[O-])CCN(CC(=O)[O-])CC3)c1)-c1c(c(C(=O)N3CCOCC3(C)C)nn1-c1cc(Cl)cc(Cl)c1)CO2.[In+3]. The van der Waals surface area contributed by atoms with Gasteiger partial charge in [-0.25, -0.2) is 9.48 Å². The predicted octanol–water partition coefficient (Wildman–Crippen LogP) is -1.48. The maximum Gasteiger partial charge on any atom is 3.00 e. The number of halogens is 2. The van der Waals surface area contributed by atoms with Crippen molar-refractivity contribution < 1.29 is 67.8 Å². The molecule has 2 fully saturated rings. The van der Waals surface area contributed by atoms with Crippen LogP contribution in [0.2, 0.25) is 10.0 Å². The van der Waals surface area contributed by atoms with Crippen LogP contribution in [0.25, 0.3) is 28.1 Å². The number of nitrogens with one attached hydrogen (secondary N) is 4. The first kappa shape index (κ1) is 64.9. The smallest absolute Gasteiger partial charge is 0.549 e. The van der Waals surface area contributed by atoms with E-state index in [1.807, 2.05) is 26.0 Å². The quantitative estimate of drug-likeness (QED) is 0.0652. The molecular weight excluding hydrogens is 1210 g/mol. The summed E-state index contributed by atoms with van der Waals surface area (Å²) in [5.41, 5.74) is 3.77. The van der Waals surface area contributed by atoms with Crippen LogP contribution in [-0.4, -0.2) is 246 Å². The summed E-state index contributed by atoms with van der Waals surface area (Å²) in [6.07, 6.45) is 0.0132. The molecule has 0 atom stereocenters. The van der Waals surface area contributed by atoms with E-state index >= 15 is 0 Å². The minimum absolute atomic E-state index is 0. The number of aliphatic carboxylic acids is 3. The van der Waals surface area contributed by atoms with E-state index in [0.29, 0.717) is 80.6 Å². The first-order chi connectivity index (χ1) is 38.8. The molecule has 5 amide bonds. The zero-order valence-electron chi connectivity index (χ0n) is 45.9. The Morgan fingerprint density at radius 3 is 1.87 bits per heavy atom. The first-order valence-corrected chi connectivity index (χ1v) is 27.1. The Hall–Kier alpha value is -6.23. The third-order valence-electron chi connectivity index (χ3n) is 13.7. The van der Waals surface area contributed by atoms with Crippen molar-refractivity contribution in [2.75, 3.05) is 144 Å². The molecule has 3 aromatic carbocycles. The van der Waals surface area contributed by atoms with E-state index < -0.39 is 49.1 Å². The van der Waals surface area contributed by atoms with Crippen molar-refractivity contribution >= 4 is 96.4 Å². The van der Waals surface area contributed by atoms with Crippen molar-refractivity contribution in [2.24, 2.45) is 0 Å². The molecule has 4 N–H and O–H groups in total. The average molecular weight is 1280 g/mol. The van der Waals surface area contributed by atoms with E-state index in [1.165, 1.54) is 0 Å². The van der Waals surface area contributed by atoms with Gasteiger partial charge in [0.2, 0.25) is 11.8 Å². The van der Waals surface area contributed by atoms with Crippen LogP contribution in [0.15, 0.2) is 54.6 Å². The van der Waals surface area contributed by atoms with E-state index in [1.54, 1.807) is 78.8 Å². The largest absolute Gasteiger partial charge is 3.00 e. The first-order valence-electron chi connectivity index (χ1n) is 26.4. The average Bonchev–Trinajstić information content (AvgIpc) is 3.88. The number of methoxy groups -OCH3 is 1. The maximum absolute atomic E-state index is 14.4. The zero-order valence-corrected chi connectivity index (χ0v) is 50.7. The standard InChI is InChI=1S/C54H69Cl2N11O14.In/c1-54(2)34-80-22-19-66(54)52(76)50-42-33-81-44-28-43(78-3)40(27-41(44)51(42)67(61-50)39-25-36(55)24-37(56)26-39)35-5-4-6-38(23-35)60-53(77)59-9-8-57-45(68)7-20-79-21-10-58-46(69)29-62-11-13-63(30-47(70)71)15-17-65(32-49(74)75)18-16-64(14-12-62)31-48(72)73;/h4-6,23-28H,7-22,29-34H2,1-3H3,(H,57,68)(H,58,69)(H,70,71)(H,72,73)(H,74,75)(H2,59,60,77);/q;+3/p-3. The Bertz CT molecular complexity index is 2880. The number of anilines is 1. The number of ether oxygens (including phenoxy) is 4. The number of nitrogens with zero attached hydrogens (tertiary/aromatic N) is 7. The van der Waals surface area contributed by atoms with Crippen molar-refractivity contribution in [2.45, 2.75) is 32.4 Å². The monoisotopic (exact) mass is 1280 g/mol. The normalized spacial score (nSPS) is 16.1. The Morgan fingerprint density at radius 2 is 1.28 bits per heavy atom. The van der Waals surface area contributed by atoms with Gasteiger partial charge in [-0.3, -0.25) is 34.0 Å². The molecule has 4 heterocycles. The second kappa shape index (κ2) is 30.9. The molecule has 28 heteroatoms. The number of rotatable bonds is 22. The van der Waals surface area contributed by atoms with E-state index in [4.69, 9.17) is 47.2 Å². The number of carbonyl (C=O) groups is 7. The molecule has 0 aliphatic carbocycles. The van der Waals surface area contributed by atoms with Crippen molar-refractivity contribution in [1.29, 1.82) is 0 Å². The molecule has 0 saturated carbocycles. The number of amides is 5. The van der Waals surface area contributed by atoms with E-state index in [9.17, 15) is 48.9 Å². The van der Waals surface area contributed by atoms with Crippen LogP contribution >= 0.6 is 23.2 Å². The molecule has 3 aliphatic rings. The summed E-state index contributed by atoms with van der Waals surface area (Å²) >= 11 is 13.0. The summed E-state index contributed by atoms with van der Waals surface area (Å²) in [5, 5.41) is 51.0. The number of urea groups is 1. The summed E-state index contributed by atoms with van der Waals surface area (Å²) in [6.45, 7) is 5.88. The van der Waals surface area contributed by atoms with Gasteiger partial charge >= 0.3 is 31.9 Å². The van der Waals surface area contributed by atoms with Crippen LogP contribution in [0.1, 0.15) is 36.3 Å². The molecule has 82 heavy (non-hydrogen) atoms. The van der Waals surface area contributed by atoms with Gasteiger partial charge < -0.3 is 74.8 Å². The van der Waals surface area contributed by atoms with E-state index in [2.05, 4.69) is 21.3 Å². The third-order valence-corrected chi connectivity index (χ3v) is 14.1. The Labute approximate surface area is 503 Å². The van der Waals surface area contributed by atoms with Gasteiger partial charge in [-0.2, -0.15) is 5.10 Å². The van der Waals surface area contributed by atoms with Crippen LogP contribution in [0.3, 0.4) is 0 Å². The number of carboxylic acids is 3. The summed E-state index contributed by atoms with van der Waals surface area (Å²) in [7, 11) is 1.54. The van der Waals surface area contributed by atoms with Crippen molar-refractivity contribution in [3.63, 3.8) is 0 Å². The fraction of sp³-hybridized carbons (Fsp3) is 0.481. The number of morpholine rings is 1. The number of hydrogen-bond acceptors (Lipinski definition) is 19. The second-order valence-corrected chi connectivity index (χ2v) is 21.0. The van der Waals surface area contributed by atoms with Crippen LogP contribution < -0.4 is 46.1 Å². The number of carboxylic acid groups (broad SMARTS) is 3. The molecule has 4 aromatic rings. The maximum atomic E-state index is 14.4. The minimum atomic E-state index is -1.32. The van der Waals surface area contributed by atoms with Gasteiger partial charge in [-0.05, 0) is 55.8 Å². The van der Waals surface area contributed by atoms with Crippen LogP contribution in [0, 0.1) is 0 Å². The van der Waals surface area contributed by atoms with Crippen molar-refractivity contribution in [1.82, 2.24) is 50.2 Å². The van der Waals surface area contributed by atoms with Crippen molar-refractivity contribution in [3.05, 3.63) is 75.9 Å². The summed E-state index contributed by atoms with van der Waals surface area (Å²) in [4.78, 5) is 95.5. The van der Waals surface area contributed by atoms with E-state index in [-0.39, 0.29) is 154 Å². The molecular formula is C54H66Cl2InN11O14. The number of fused-ring (bicyclic) bond motifs is 3. The molecule has 0 unspecified atom stereocenters. The zero-order chi connectivity index (χ0) is 58.2. The second-order valence-electron chi connectivity index (χ2n) is 20.1. The van der Waals surface area contributed by atoms with Gasteiger partial charge in [0.1, 0.15) is 18.1 Å². The van der Waals surface area contributed by atoms with Crippen LogP contribution in [-0.2, 0) is 40.1 Å². The molecule has 2 saturated heterocycles.